The summed E-state index contributed by atoms with van der Waals surface area (Å²) in [5.74, 6) is 0. The van der Waals surface area contributed by atoms with Crippen LogP contribution < -0.4 is 0 Å². The summed E-state index contributed by atoms with van der Waals surface area (Å²) in [6, 6.07) is 6.65. The fourth-order valence-electron chi connectivity index (χ4n) is 2.43. The van der Waals surface area contributed by atoms with Gasteiger partial charge in [0.15, 0.2) is 0 Å². The van der Waals surface area contributed by atoms with Gasteiger partial charge in [0.05, 0.1) is 11.9 Å². The molecule has 0 spiro atoms. The highest BCUT2D eigenvalue weighted by Gasteiger charge is 2.06. The number of benzene rings is 1. The fourth-order valence-corrected chi connectivity index (χ4v) is 2.43. The van der Waals surface area contributed by atoms with E-state index in [-0.39, 0.29) is 0 Å². The Bertz CT molecular complexity index is 741. The second kappa shape index (κ2) is 6.53. The van der Waals surface area contributed by atoms with Crippen molar-refractivity contribution in [2.24, 2.45) is 7.05 Å². The number of fused-ring (bicyclic) bond motifs is 1. The topological polar surface area (TPSA) is 30.7 Å². The molecule has 0 aliphatic carbocycles. The second-order valence-corrected chi connectivity index (χ2v) is 4.96. The predicted octanol–water partition coefficient (Wildman–Crippen LogP) is 4.53. The van der Waals surface area contributed by atoms with Crippen molar-refractivity contribution in [3.63, 3.8) is 0 Å². The van der Waals surface area contributed by atoms with E-state index in [4.69, 9.17) is 0 Å². The van der Waals surface area contributed by atoms with Crippen LogP contribution in [0.5, 0.6) is 0 Å². The lowest BCUT2D eigenvalue weighted by molar-refractivity contribution is 0.768. The Morgan fingerprint density at radius 2 is 1.86 bits per heavy atom. The van der Waals surface area contributed by atoms with Crippen LogP contribution in [0.25, 0.3) is 22.0 Å². The lowest BCUT2D eigenvalue weighted by Gasteiger charge is -2.07. The van der Waals surface area contributed by atoms with Crippen LogP contribution in [0, 0.1) is 6.92 Å². The number of hydrogen-bond donors (Lipinski definition) is 0. The van der Waals surface area contributed by atoms with Crippen LogP contribution in [0.2, 0.25) is 0 Å². The van der Waals surface area contributed by atoms with Crippen molar-refractivity contribution in [1.29, 1.82) is 0 Å². The Hall–Kier alpha value is -2.16. The molecule has 1 aromatic carbocycles. The van der Waals surface area contributed by atoms with Gasteiger partial charge < -0.3 is 0 Å². The largest absolute Gasteiger partial charge is 0.275 e. The van der Waals surface area contributed by atoms with Crippen molar-refractivity contribution in [2.75, 3.05) is 0 Å². The lowest BCUT2D eigenvalue weighted by Crippen LogP contribution is -1.89. The minimum atomic E-state index is 0.980. The molecule has 21 heavy (non-hydrogen) atoms. The molecular weight excluding hydrogens is 258 g/mol. The molecule has 3 nitrogen and oxygen atoms in total. The molecule has 0 bridgehead atoms. The van der Waals surface area contributed by atoms with E-state index in [0.717, 1.165) is 17.7 Å². The van der Waals surface area contributed by atoms with Gasteiger partial charge in [-0.2, -0.15) is 5.10 Å². The van der Waals surface area contributed by atoms with E-state index >= 15 is 0 Å². The van der Waals surface area contributed by atoms with Gasteiger partial charge in [-0.15, -0.1) is 0 Å². The van der Waals surface area contributed by atoms with E-state index in [9.17, 15) is 0 Å². The highest BCUT2D eigenvalue weighted by Crippen LogP contribution is 2.25. The number of aryl methyl sites for hydroxylation is 3. The summed E-state index contributed by atoms with van der Waals surface area (Å²) in [6.45, 7) is 8.33. The molecule has 110 valence electrons. The maximum Gasteiger partial charge on any atom is 0.0739 e. The minimum Gasteiger partial charge on any atom is -0.275 e. The van der Waals surface area contributed by atoms with Crippen molar-refractivity contribution in [2.45, 2.75) is 34.1 Å². The van der Waals surface area contributed by atoms with Gasteiger partial charge in [-0.3, -0.25) is 9.67 Å². The smallest absolute Gasteiger partial charge is 0.0739 e. The van der Waals surface area contributed by atoms with Crippen molar-refractivity contribution in [3.05, 3.63) is 47.9 Å². The van der Waals surface area contributed by atoms with E-state index in [2.05, 4.69) is 42.1 Å². The Labute approximate surface area is 126 Å². The predicted molar refractivity (Wildman–Crippen MR) is 89.4 cm³/mol. The van der Waals surface area contributed by atoms with Crippen LogP contribution in [0.3, 0.4) is 0 Å². The Morgan fingerprint density at radius 1 is 1.10 bits per heavy atom. The monoisotopic (exact) mass is 281 g/mol. The van der Waals surface area contributed by atoms with Crippen LogP contribution in [0.4, 0.5) is 0 Å². The van der Waals surface area contributed by atoms with Crippen molar-refractivity contribution in [3.8, 4) is 11.3 Å². The standard InChI is InChI=1S/C16H17N3.C2H6/c1-4-12-5-11(2)15-9-17-16(7-13(15)6-12)14-8-18-19(3)10-14;1-2/h5-10H,4H2,1-3H3;1-2H3. The molecule has 0 saturated heterocycles. The zero-order valence-corrected chi connectivity index (χ0v) is 13.5. The van der Waals surface area contributed by atoms with Crippen molar-refractivity contribution < 1.29 is 0 Å². The number of pyridine rings is 1. The SMILES string of the molecule is CC.CCc1cc(C)c2cnc(-c3cnn(C)c3)cc2c1. The first-order valence-corrected chi connectivity index (χ1v) is 7.55. The van der Waals surface area contributed by atoms with Gasteiger partial charge in [0.1, 0.15) is 0 Å². The van der Waals surface area contributed by atoms with Gasteiger partial charge in [-0.1, -0.05) is 32.9 Å². The van der Waals surface area contributed by atoms with E-state index < -0.39 is 0 Å². The summed E-state index contributed by atoms with van der Waals surface area (Å²) in [6.07, 6.45) is 6.86. The Kier molecular flexibility index (Phi) is 4.73. The molecule has 0 amide bonds. The molecule has 0 fully saturated rings. The highest BCUT2D eigenvalue weighted by atomic mass is 15.2. The molecule has 2 aromatic heterocycles. The van der Waals surface area contributed by atoms with E-state index in [1.54, 1.807) is 4.68 Å². The summed E-state index contributed by atoms with van der Waals surface area (Å²) < 4.78 is 1.80. The van der Waals surface area contributed by atoms with Gasteiger partial charge in [0, 0.05) is 30.4 Å². The van der Waals surface area contributed by atoms with Gasteiger partial charge in [-0.05, 0) is 35.9 Å². The number of nitrogens with zero attached hydrogens (tertiary/aromatic N) is 3. The molecular formula is C18H23N3. The van der Waals surface area contributed by atoms with Crippen LogP contribution in [-0.2, 0) is 13.5 Å². The second-order valence-electron chi connectivity index (χ2n) is 4.96. The summed E-state index contributed by atoms with van der Waals surface area (Å²) >= 11 is 0. The maximum atomic E-state index is 4.55. The van der Waals surface area contributed by atoms with Gasteiger partial charge in [-0.25, -0.2) is 0 Å². The number of aromatic nitrogens is 3. The normalized spacial score (nSPS) is 10.3. The third-order valence-corrected chi connectivity index (χ3v) is 3.51. The highest BCUT2D eigenvalue weighted by molar-refractivity contribution is 5.88. The molecule has 2 heterocycles. The first-order chi connectivity index (χ1) is 10.2. The third kappa shape index (κ3) is 3.13. The molecule has 0 aliphatic heterocycles. The molecule has 0 radical (unpaired) electrons. The van der Waals surface area contributed by atoms with Crippen molar-refractivity contribution in [1.82, 2.24) is 14.8 Å². The van der Waals surface area contributed by atoms with Crippen molar-refractivity contribution >= 4 is 10.8 Å². The lowest BCUT2D eigenvalue weighted by atomic mass is 10.0. The summed E-state index contributed by atoms with van der Waals surface area (Å²) in [4.78, 5) is 4.55. The molecule has 0 N–H and O–H groups in total. The van der Waals surface area contributed by atoms with E-state index in [1.165, 1.54) is 21.9 Å². The zero-order valence-electron chi connectivity index (χ0n) is 13.5. The maximum absolute atomic E-state index is 4.55. The number of rotatable bonds is 2. The third-order valence-electron chi connectivity index (χ3n) is 3.51. The molecule has 0 aliphatic rings. The number of hydrogen-bond acceptors (Lipinski definition) is 2. The van der Waals surface area contributed by atoms with E-state index in [0.29, 0.717) is 0 Å². The van der Waals surface area contributed by atoms with Crippen LogP contribution in [0.1, 0.15) is 31.9 Å². The molecule has 0 atom stereocenters. The molecule has 3 aromatic rings. The first kappa shape index (κ1) is 15.2. The van der Waals surface area contributed by atoms with E-state index in [1.807, 2.05) is 39.5 Å². The Balaban J connectivity index is 0.000000774. The van der Waals surface area contributed by atoms with Crippen LogP contribution >= 0.6 is 0 Å². The molecule has 3 heteroatoms. The average molecular weight is 281 g/mol. The summed E-state index contributed by atoms with van der Waals surface area (Å²) in [7, 11) is 1.92. The molecule has 0 unspecified atom stereocenters. The van der Waals surface area contributed by atoms with Crippen LogP contribution in [0.15, 0.2) is 36.8 Å². The molecule has 3 rings (SSSR count). The van der Waals surface area contributed by atoms with Gasteiger partial charge >= 0.3 is 0 Å². The zero-order chi connectivity index (χ0) is 15.4. The fraction of sp³-hybridized carbons (Fsp3) is 0.333. The minimum absolute atomic E-state index is 0.980. The first-order valence-electron chi connectivity index (χ1n) is 7.55. The summed E-state index contributed by atoms with van der Waals surface area (Å²) in [5.41, 5.74) is 4.70. The van der Waals surface area contributed by atoms with Gasteiger partial charge in [0.25, 0.3) is 0 Å². The Morgan fingerprint density at radius 3 is 2.48 bits per heavy atom. The van der Waals surface area contributed by atoms with Crippen LogP contribution in [-0.4, -0.2) is 14.8 Å². The van der Waals surface area contributed by atoms with Gasteiger partial charge in [0.2, 0.25) is 0 Å². The summed E-state index contributed by atoms with van der Waals surface area (Å²) in [5, 5.41) is 6.68. The average Bonchev–Trinajstić information content (AvgIpc) is 2.95. The molecule has 0 saturated carbocycles. The quantitative estimate of drug-likeness (QED) is 0.691.